The number of piperidine rings is 1. The van der Waals surface area contributed by atoms with Crippen molar-refractivity contribution in [3.05, 3.63) is 0 Å². The van der Waals surface area contributed by atoms with E-state index in [1.165, 1.54) is 0 Å². The normalized spacial score (nSPS) is 17.5. The largest absolute Gasteiger partial charge is 0.411 e. The highest BCUT2D eigenvalue weighted by atomic mass is 127. The molecule has 25 heavy (non-hydrogen) atoms. The molecule has 0 bridgehead atoms. The Morgan fingerprint density at radius 1 is 1.28 bits per heavy atom. The summed E-state index contributed by atoms with van der Waals surface area (Å²) in [4.78, 5) is 6.87. The van der Waals surface area contributed by atoms with Crippen LogP contribution in [-0.4, -0.2) is 68.5 Å². The molecule has 1 aliphatic rings. The molecule has 0 spiro atoms. The maximum Gasteiger partial charge on any atom is 0.411 e. The van der Waals surface area contributed by atoms with E-state index >= 15 is 0 Å². The molecule has 150 valence electrons. The summed E-state index contributed by atoms with van der Waals surface area (Å²) in [6, 6.07) is 0.962. The molecule has 5 nitrogen and oxygen atoms in total. The third-order valence-electron chi connectivity index (χ3n) is 3.93. The summed E-state index contributed by atoms with van der Waals surface area (Å²) in [7, 11) is 0. The van der Waals surface area contributed by atoms with Gasteiger partial charge in [0, 0.05) is 44.9 Å². The van der Waals surface area contributed by atoms with Crippen molar-refractivity contribution in [1.82, 2.24) is 15.5 Å². The molecule has 1 aliphatic heterocycles. The van der Waals surface area contributed by atoms with Gasteiger partial charge in [0.1, 0.15) is 6.61 Å². The van der Waals surface area contributed by atoms with Gasteiger partial charge in [0.25, 0.3) is 0 Å². The average molecular weight is 480 g/mol. The number of hydrogen-bond donors (Lipinski definition) is 2. The lowest BCUT2D eigenvalue weighted by Crippen LogP contribution is -2.49. The van der Waals surface area contributed by atoms with Crippen LogP contribution in [0.4, 0.5) is 13.2 Å². The van der Waals surface area contributed by atoms with Crippen molar-refractivity contribution >= 4 is 29.9 Å². The molecule has 0 aromatic heterocycles. The maximum absolute atomic E-state index is 12.0. The smallest absolute Gasteiger partial charge is 0.372 e. The van der Waals surface area contributed by atoms with Gasteiger partial charge in [-0.3, -0.25) is 4.99 Å². The molecule has 0 unspecified atom stereocenters. The topological polar surface area (TPSA) is 48.9 Å². The minimum Gasteiger partial charge on any atom is -0.372 e. The Labute approximate surface area is 166 Å². The van der Waals surface area contributed by atoms with Gasteiger partial charge in [-0.2, -0.15) is 13.2 Å². The van der Waals surface area contributed by atoms with E-state index in [1.807, 2.05) is 6.92 Å². The number of halogens is 4. The van der Waals surface area contributed by atoms with E-state index in [1.54, 1.807) is 0 Å². The molecule has 0 aromatic carbocycles. The van der Waals surface area contributed by atoms with Gasteiger partial charge < -0.3 is 20.3 Å². The summed E-state index contributed by atoms with van der Waals surface area (Å²) in [6.45, 7) is 8.61. The summed E-state index contributed by atoms with van der Waals surface area (Å²) in [5.41, 5.74) is 0. The standard InChI is InChI=1S/C16H31F3N4O.HI/c1-4-20-15(21-8-5-11-24-12-16(17,18)19)22-14-6-9-23(10-7-14)13(2)3;/h13-14H,4-12H2,1-3H3,(H2,20,21,22);1H. The summed E-state index contributed by atoms with van der Waals surface area (Å²) < 4.78 is 40.4. The molecule has 1 fully saturated rings. The third kappa shape index (κ3) is 11.8. The number of alkyl halides is 3. The van der Waals surface area contributed by atoms with Crippen LogP contribution in [0.1, 0.15) is 40.0 Å². The first-order chi connectivity index (χ1) is 11.3. The fourth-order valence-electron chi connectivity index (χ4n) is 2.62. The van der Waals surface area contributed by atoms with Crippen molar-refractivity contribution in [3.8, 4) is 0 Å². The highest BCUT2D eigenvalue weighted by Crippen LogP contribution is 2.14. The number of likely N-dealkylation sites (tertiary alicyclic amines) is 1. The molecule has 1 rings (SSSR count). The van der Waals surface area contributed by atoms with Crippen LogP contribution in [0.2, 0.25) is 0 Å². The Kier molecular flexibility index (Phi) is 12.8. The van der Waals surface area contributed by atoms with E-state index in [0.717, 1.165) is 38.4 Å². The van der Waals surface area contributed by atoms with Crippen LogP contribution >= 0.6 is 24.0 Å². The Morgan fingerprint density at radius 2 is 1.92 bits per heavy atom. The Bertz CT molecular complexity index is 373. The lowest BCUT2D eigenvalue weighted by Gasteiger charge is -2.35. The van der Waals surface area contributed by atoms with Crippen molar-refractivity contribution in [2.45, 2.75) is 58.3 Å². The van der Waals surface area contributed by atoms with Gasteiger partial charge in [-0.05, 0) is 40.0 Å². The second-order valence-electron chi connectivity index (χ2n) is 6.33. The van der Waals surface area contributed by atoms with Crippen LogP contribution in [0.15, 0.2) is 4.99 Å². The van der Waals surface area contributed by atoms with Crippen LogP contribution < -0.4 is 10.6 Å². The first-order valence-corrected chi connectivity index (χ1v) is 8.75. The van der Waals surface area contributed by atoms with Crippen molar-refractivity contribution in [2.75, 3.05) is 39.4 Å². The van der Waals surface area contributed by atoms with Crippen molar-refractivity contribution in [3.63, 3.8) is 0 Å². The van der Waals surface area contributed by atoms with Gasteiger partial charge in [0.05, 0.1) is 0 Å². The highest BCUT2D eigenvalue weighted by molar-refractivity contribution is 14.0. The van der Waals surface area contributed by atoms with Crippen molar-refractivity contribution < 1.29 is 17.9 Å². The zero-order chi connectivity index (χ0) is 18.0. The fraction of sp³-hybridized carbons (Fsp3) is 0.938. The van der Waals surface area contributed by atoms with Gasteiger partial charge in [-0.1, -0.05) is 0 Å². The van der Waals surface area contributed by atoms with E-state index in [0.29, 0.717) is 25.0 Å². The van der Waals surface area contributed by atoms with Crippen LogP contribution in [0, 0.1) is 0 Å². The summed E-state index contributed by atoms with van der Waals surface area (Å²) >= 11 is 0. The Morgan fingerprint density at radius 3 is 2.44 bits per heavy atom. The number of hydrogen-bond acceptors (Lipinski definition) is 3. The molecule has 0 radical (unpaired) electrons. The number of guanidine groups is 1. The lowest BCUT2D eigenvalue weighted by atomic mass is 10.0. The number of ether oxygens (including phenoxy) is 1. The first kappa shape index (κ1) is 24.7. The third-order valence-corrected chi connectivity index (χ3v) is 3.93. The van der Waals surface area contributed by atoms with Gasteiger partial charge in [0.15, 0.2) is 5.96 Å². The molecule has 0 aliphatic carbocycles. The van der Waals surface area contributed by atoms with Crippen LogP contribution in [0.5, 0.6) is 0 Å². The summed E-state index contributed by atoms with van der Waals surface area (Å²) in [6.07, 6.45) is -1.66. The summed E-state index contributed by atoms with van der Waals surface area (Å²) in [5, 5.41) is 6.61. The Balaban J connectivity index is 0.00000576. The minimum atomic E-state index is -4.26. The Hall–Kier alpha value is -0.290. The van der Waals surface area contributed by atoms with Crippen LogP contribution in [0.3, 0.4) is 0 Å². The van der Waals surface area contributed by atoms with Gasteiger partial charge in [0.2, 0.25) is 0 Å². The molecular formula is C16H32F3IN4O. The molecule has 1 heterocycles. The molecule has 2 N–H and O–H groups in total. The molecular weight excluding hydrogens is 448 g/mol. The highest BCUT2D eigenvalue weighted by Gasteiger charge is 2.27. The minimum absolute atomic E-state index is 0. The van der Waals surface area contributed by atoms with E-state index in [2.05, 4.69) is 39.1 Å². The van der Waals surface area contributed by atoms with Crippen LogP contribution in [-0.2, 0) is 4.74 Å². The van der Waals surface area contributed by atoms with Crippen LogP contribution in [0.25, 0.3) is 0 Å². The molecule has 0 atom stereocenters. The van der Waals surface area contributed by atoms with Gasteiger partial charge >= 0.3 is 6.18 Å². The monoisotopic (exact) mass is 480 g/mol. The van der Waals surface area contributed by atoms with E-state index in [4.69, 9.17) is 0 Å². The lowest BCUT2D eigenvalue weighted by molar-refractivity contribution is -0.173. The number of nitrogens with zero attached hydrogens (tertiary/aromatic N) is 2. The molecule has 0 amide bonds. The maximum atomic E-state index is 12.0. The zero-order valence-electron chi connectivity index (χ0n) is 15.4. The van der Waals surface area contributed by atoms with E-state index < -0.39 is 12.8 Å². The number of aliphatic imine (C=N–C) groups is 1. The van der Waals surface area contributed by atoms with Crippen molar-refractivity contribution in [1.29, 1.82) is 0 Å². The predicted molar refractivity (Wildman–Crippen MR) is 106 cm³/mol. The van der Waals surface area contributed by atoms with Gasteiger partial charge in [-0.25, -0.2) is 0 Å². The SMILES string of the molecule is CCNC(=NCCCOCC(F)(F)F)NC1CCN(C(C)C)CC1.I. The second-order valence-corrected chi connectivity index (χ2v) is 6.33. The zero-order valence-corrected chi connectivity index (χ0v) is 17.7. The number of rotatable bonds is 8. The fourth-order valence-corrected chi connectivity index (χ4v) is 2.62. The summed E-state index contributed by atoms with van der Waals surface area (Å²) in [5.74, 6) is 0.733. The average Bonchev–Trinajstić information content (AvgIpc) is 2.50. The predicted octanol–water partition coefficient (Wildman–Crippen LogP) is 3.00. The number of nitrogens with one attached hydrogen (secondary N) is 2. The van der Waals surface area contributed by atoms with Gasteiger partial charge in [-0.15, -0.1) is 24.0 Å². The second kappa shape index (κ2) is 13.0. The van der Waals surface area contributed by atoms with E-state index in [-0.39, 0.29) is 30.6 Å². The van der Waals surface area contributed by atoms with Crippen molar-refractivity contribution in [2.24, 2.45) is 4.99 Å². The first-order valence-electron chi connectivity index (χ1n) is 8.75. The molecule has 9 heteroatoms. The molecule has 1 saturated heterocycles. The molecule has 0 saturated carbocycles. The quantitative estimate of drug-likeness (QED) is 0.243. The van der Waals surface area contributed by atoms with E-state index in [9.17, 15) is 13.2 Å². The molecule has 0 aromatic rings.